The zero-order valence-corrected chi connectivity index (χ0v) is 17.7. The van der Waals surface area contributed by atoms with E-state index in [1.54, 1.807) is 53.3 Å². The third-order valence-corrected chi connectivity index (χ3v) is 5.17. The summed E-state index contributed by atoms with van der Waals surface area (Å²) in [4.78, 5) is 12.5. The second-order valence-corrected chi connectivity index (χ2v) is 7.44. The van der Waals surface area contributed by atoms with Crippen molar-refractivity contribution in [2.45, 2.75) is 13.2 Å². The Balaban J connectivity index is 1.41. The van der Waals surface area contributed by atoms with Crippen LogP contribution in [-0.2, 0) is 6.54 Å². The lowest BCUT2D eigenvalue weighted by atomic mass is 10.1. The maximum atomic E-state index is 12.5. The number of amides is 1. The Bertz CT molecular complexity index is 1220. The molecule has 0 radical (unpaired) electrons. The highest BCUT2D eigenvalue weighted by atomic mass is 35.5. The van der Waals surface area contributed by atoms with Gasteiger partial charge in [-0.15, -0.1) is 0 Å². The lowest BCUT2D eigenvalue weighted by Gasteiger charge is -2.06. The molecule has 0 unspecified atom stereocenters. The number of nitrogens with one attached hydrogen (secondary N) is 2. The van der Waals surface area contributed by atoms with Gasteiger partial charge in [0.1, 0.15) is 11.4 Å². The smallest absolute Gasteiger partial charge is 0.387 e. The number of H-pyrrole nitrogens is 1. The molecule has 2 N–H and O–H groups in total. The Morgan fingerprint density at radius 2 is 1.84 bits per heavy atom. The minimum Gasteiger partial charge on any atom is -0.435 e. The molecule has 0 saturated carbocycles. The van der Waals surface area contributed by atoms with Crippen molar-refractivity contribution >= 4 is 34.9 Å². The minimum absolute atomic E-state index is 0.0333. The van der Waals surface area contributed by atoms with Gasteiger partial charge >= 0.3 is 6.61 Å². The number of hydrogen-bond donors (Lipinski definition) is 2. The summed E-state index contributed by atoms with van der Waals surface area (Å²) in [5.74, 6) is -0.0730. The van der Waals surface area contributed by atoms with Gasteiger partial charge in [-0.2, -0.15) is 19.0 Å². The molecule has 0 aliphatic rings. The summed E-state index contributed by atoms with van der Waals surface area (Å²) in [6.07, 6.45) is 1.69. The van der Waals surface area contributed by atoms with E-state index >= 15 is 0 Å². The number of anilines is 1. The van der Waals surface area contributed by atoms with Crippen LogP contribution in [0.25, 0.3) is 11.3 Å². The van der Waals surface area contributed by atoms with E-state index in [2.05, 4.69) is 25.3 Å². The van der Waals surface area contributed by atoms with Gasteiger partial charge in [-0.3, -0.25) is 14.6 Å². The van der Waals surface area contributed by atoms with Gasteiger partial charge in [-0.05, 0) is 42.5 Å². The van der Waals surface area contributed by atoms with Crippen molar-refractivity contribution in [3.05, 3.63) is 82.1 Å². The van der Waals surface area contributed by atoms with Crippen molar-refractivity contribution in [3.8, 4) is 17.0 Å². The third kappa shape index (κ3) is 5.06. The summed E-state index contributed by atoms with van der Waals surface area (Å²) in [5.41, 5.74) is 2.03. The fraction of sp³-hybridized carbons (Fsp3) is 0.0952. The van der Waals surface area contributed by atoms with Crippen LogP contribution >= 0.6 is 23.2 Å². The van der Waals surface area contributed by atoms with Gasteiger partial charge < -0.3 is 10.1 Å². The van der Waals surface area contributed by atoms with Crippen LogP contribution in [0.2, 0.25) is 10.0 Å². The topological polar surface area (TPSA) is 84.8 Å². The average Bonchev–Trinajstić information content (AvgIpc) is 3.41. The minimum atomic E-state index is -2.90. The lowest BCUT2D eigenvalue weighted by molar-refractivity contribution is -0.0498. The highest BCUT2D eigenvalue weighted by molar-refractivity contribution is 6.35. The molecule has 2 aromatic heterocycles. The molecule has 0 aliphatic carbocycles. The van der Waals surface area contributed by atoms with Gasteiger partial charge in [-0.1, -0.05) is 29.3 Å². The summed E-state index contributed by atoms with van der Waals surface area (Å²) in [7, 11) is 0. The molecule has 1 amide bonds. The van der Waals surface area contributed by atoms with Crippen LogP contribution in [0, 0.1) is 0 Å². The number of aromatic nitrogens is 4. The Labute approximate surface area is 190 Å². The number of carbonyl (C=O) groups excluding carboxylic acids is 1. The summed E-state index contributed by atoms with van der Waals surface area (Å²) in [5, 5.41) is 14.8. The van der Waals surface area contributed by atoms with Crippen LogP contribution in [0.15, 0.2) is 60.8 Å². The van der Waals surface area contributed by atoms with Crippen molar-refractivity contribution in [1.29, 1.82) is 0 Å². The standard InChI is InChI=1S/C21H15Cl2F2N5O2/c22-15-2-1-3-16(23)14(15)11-30-9-8-19(29-30)26-20(31)18-10-17(27-28-18)12-4-6-13(7-5-12)32-21(24)25/h1-10,21H,11H2,(H,27,28)(H,26,29,31). The fourth-order valence-corrected chi connectivity index (χ4v) is 3.46. The zero-order valence-electron chi connectivity index (χ0n) is 16.2. The van der Waals surface area contributed by atoms with Crippen LogP contribution < -0.4 is 10.1 Å². The van der Waals surface area contributed by atoms with E-state index in [1.807, 2.05) is 0 Å². The number of nitrogens with zero attached hydrogens (tertiary/aromatic N) is 3. The van der Waals surface area contributed by atoms with Crippen LogP contribution in [0.1, 0.15) is 16.1 Å². The molecule has 0 bridgehead atoms. The van der Waals surface area contributed by atoms with Gasteiger partial charge in [0.2, 0.25) is 0 Å². The number of halogens is 4. The molecule has 0 saturated heterocycles. The van der Waals surface area contributed by atoms with E-state index in [4.69, 9.17) is 23.2 Å². The highest BCUT2D eigenvalue weighted by Gasteiger charge is 2.14. The first-order valence-corrected chi connectivity index (χ1v) is 10.0. The highest BCUT2D eigenvalue weighted by Crippen LogP contribution is 2.25. The number of rotatable bonds is 7. The van der Waals surface area contributed by atoms with Crippen molar-refractivity contribution < 1.29 is 18.3 Å². The average molecular weight is 478 g/mol. The van der Waals surface area contributed by atoms with E-state index in [1.165, 1.54) is 12.1 Å². The van der Waals surface area contributed by atoms with Crippen LogP contribution in [0.3, 0.4) is 0 Å². The second-order valence-electron chi connectivity index (χ2n) is 6.62. The van der Waals surface area contributed by atoms with E-state index in [0.29, 0.717) is 33.7 Å². The molecule has 2 heterocycles. The maximum Gasteiger partial charge on any atom is 0.387 e. The molecule has 11 heteroatoms. The normalized spacial score (nSPS) is 11.0. The van der Waals surface area contributed by atoms with E-state index < -0.39 is 12.5 Å². The number of benzene rings is 2. The first-order chi connectivity index (χ1) is 15.4. The number of carbonyl (C=O) groups is 1. The molecule has 32 heavy (non-hydrogen) atoms. The predicted octanol–water partition coefficient (Wildman–Crippen LogP) is 5.48. The lowest BCUT2D eigenvalue weighted by Crippen LogP contribution is -2.13. The monoisotopic (exact) mass is 477 g/mol. The fourth-order valence-electron chi connectivity index (χ4n) is 2.94. The van der Waals surface area contributed by atoms with Crippen LogP contribution in [0.5, 0.6) is 5.75 Å². The molecule has 7 nitrogen and oxygen atoms in total. The van der Waals surface area contributed by atoms with Crippen molar-refractivity contribution in [2.75, 3.05) is 5.32 Å². The first kappa shape index (κ1) is 21.8. The van der Waals surface area contributed by atoms with Gasteiger partial charge in [0, 0.05) is 33.4 Å². The molecule has 0 fully saturated rings. The Morgan fingerprint density at radius 3 is 2.53 bits per heavy atom. The molecule has 164 valence electrons. The molecule has 4 rings (SSSR count). The van der Waals surface area contributed by atoms with Crippen LogP contribution in [-0.4, -0.2) is 32.5 Å². The second kappa shape index (κ2) is 9.37. The summed E-state index contributed by atoms with van der Waals surface area (Å²) in [6.45, 7) is -2.56. The molecule has 4 aromatic rings. The van der Waals surface area contributed by atoms with Gasteiger partial charge in [0.25, 0.3) is 5.91 Å². The quantitative estimate of drug-likeness (QED) is 0.368. The van der Waals surface area contributed by atoms with Gasteiger partial charge in [0.05, 0.1) is 12.2 Å². The summed E-state index contributed by atoms with van der Waals surface area (Å²) in [6, 6.07) is 14.3. The van der Waals surface area contributed by atoms with E-state index in [0.717, 1.165) is 5.56 Å². The predicted molar refractivity (Wildman–Crippen MR) is 116 cm³/mol. The molecular formula is C21H15Cl2F2N5O2. The van der Waals surface area contributed by atoms with E-state index in [-0.39, 0.29) is 11.4 Å². The number of alkyl halides is 2. The number of aromatic amines is 1. The largest absolute Gasteiger partial charge is 0.435 e. The van der Waals surface area contributed by atoms with Gasteiger partial charge in [-0.25, -0.2) is 0 Å². The third-order valence-electron chi connectivity index (χ3n) is 4.46. The molecule has 0 spiro atoms. The summed E-state index contributed by atoms with van der Waals surface area (Å²) < 4.78 is 30.4. The number of hydrogen-bond acceptors (Lipinski definition) is 4. The molecule has 0 aliphatic heterocycles. The Kier molecular flexibility index (Phi) is 6.38. The maximum absolute atomic E-state index is 12.5. The van der Waals surface area contributed by atoms with Crippen molar-refractivity contribution in [2.24, 2.45) is 0 Å². The molecule has 0 atom stereocenters. The van der Waals surface area contributed by atoms with Crippen LogP contribution in [0.4, 0.5) is 14.6 Å². The Morgan fingerprint density at radius 1 is 1.12 bits per heavy atom. The summed E-state index contributed by atoms with van der Waals surface area (Å²) >= 11 is 12.4. The van der Waals surface area contributed by atoms with Crippen molar-refractivity contribution in [3.63, 3.8) is 0 Å². The zero-order chi connectivity index (χ0) is 22.7. The van der Waals surface area contributed by atoms with E-state index in [9.17, 15) is 13.6 Å². The van der Waals surface area contributed by atoms with Crippen molar-refractivity contribution in [1.82, 2.24) is 20.0 Å². The van der Waals surface area contributed by atoms with Gasteiger partial charge in [0.15, 0.2) is 5.82 Å². The molecule has 2 aromatic carbocycles. The molecular weight excluding hydrogens is 463 g/mol. The SMILES string of the molecule is O=C(Nc1ccn(Cc2c(Cl)cccc2Cl)n1)c1cc(-c2ccc(OC(F)F)cc2)n[nH]1. The first-order valence-electron chi connectivity index (χ1n) is 9.27. The Hall–Kier alpha value is -3.43. The number of ether oxygens (including phenoxy) is 1.